The quantitative estimate of drug-likeness (QED) is 0.782. The number of hydrogen-bond donors (Lipinski definition) is 1. The maximum atomic E-state index is 12.6. The molecule has 2 saturated carbocycles. The van der Waals surface area contributed by atoms with E-state index in [9.17, 15) is 4.79 Å². The van der Waals surface area contributed by atoms with Gasteiger partial charge in [-0.3, -0.25) is 10.00 Å². The van der Waals surface area contributed by atoms with Crippen LogP contribution in [0.25, 0.3) is 0 Å². The van der Waals surface area contributed by atoms with E-state index < -0.39 is 5.54 Å². The summed E-state index contributed by atoms with van der Waals surface area (Å²) in [5.41, 5.74) is -0.646. The molecule has 0 radical (unpaired) electrons. The van der Waals surface area contributed by atoms with Gasteiger partial charge in [-0.05, 0) is 38.5 Å². The third-order valence-electron chi connectivity index (χ3n) is 3.97. The summed E-state index contributed by atoms with van der Waals surface area (Å²) in [4.78, 5) is 12.6. The van der Waals surface area contributed by atoms with Crippen LogP contribution in [0.1, 0.15) is 32.6 Å². The average Bonchev–Trinajstić information content (AvgIpc) is 3.30. The fourth-order valence-electron chi connectivity index (χ4n) is 2.69. The van der Waals surface area contributed by atoms with Crippen molar-refractivity contribution in [3.63, 3.8) is 0 Å². The fourth-order valence-corrected chi connectivity index (χ4v) is 2.85. The van der Waals surface area contributed by atoms with Gasteiger partial charge in [0.1, 0.15) is 5.54 Å². The highest BCUT2D eigenvalue weighted by Gasteiger charge is 2.54. The normalized spacial score (nSPS) is 21.5. The molecule has 0 aliphatic heterocycles. The Morgan fingerprint density at radius 2 is 2.30 bits per heavy atom. The van der Waals surface area contributed by atoms with Gasteiger partial charge >= 0.3 is 5.97 Å². The summed E-state index contributed by atoms with van der Waals surface area (Å²) < 4.78 is 7.08. The molecule has 0 amide bonds. The van der Waals surface area contributed by atoms with Crippen molar-refractivity contribution < 1.29 is 9.53 Å². The van der Waals surface area contributed by atoms with E-state index in [1.807, 2.05) is 6.92 Å². The van der Waals surface area contributed by atoms with E-state index in [4.69, 9.17) is 16.3 Å². The molecule has 5 nitrogen and oxygen atoms in total. The molecule has 110 valence electrons. The number of carbonyl (C=O) groups is 1. The lowest BCUT2D eigenvalue weighted by atomic mass is 9.92. The molecule has 1 heterocycles. The van der Waals surface area contributed by atoms with Gasteiger partial charge in [0, 0.05) is 12.2 Å². The van der Waals surface area contributed by atoms with Gasteiger partial charge in [-0.1, -0.05) is 11.6 Å². The van der Waals surface area contributed by atoms with Gasteiger partial charge < -0.3 is 4.74 Å². The fraction of sp³-hybridized carbons (Fsp3) is 0.714. The molecule has 1 unspecified atom stereocenters. The minimum atomic E-state index is -0.646. The summed E-state index contributed by atoms with van der Waals surface area (Å²) in [7, 11) is 0. The van der Waals surface area contributed by atoms with Crippen LogP contribution in [-0.4, -0.2) is 33.9 Å². The van der Waals surface area contributed by atoms with Gasteiger partial charge in [0.15, 0.2) is 0 Å². The zero-order valence-corrected chi connectivity index (χ0v) is 12.4. The number of rotatable bonds is 7. The van der Waals surface area contributed by atoms with Gasteiger partial charge in [-0.25, -0.2) is 4.79 Å². The summed E-state index contributed by atoms with van der Waals surface area (Å²) in [6.07, 6.45) is 7.75. The van der Waals surface area contributed by atoms with E-state index in [2.05, 4.69) is 10.4 Å². The SMILES string of the molecule is CCOC(=O)C(Cn1cc(Cl)cn1)(NC1CC1)C1CC1. The molecule has 0 aromatic carbocycles. The second kappa shape index (κ2) is 5.37. The molecule has 1 N–H and O–H groups in total. The average molecular weight is 298 g/mol. The monoisotopic (exact) mass is 297 g/mol. The Hall–Kier alpha value is -1.07. The van der Waals surface area contributed by atoms with Crippen molar-refractivity contribution in [3.8, 4) is 0 Å². The molecule has 1 aromatic rings. The van der Waals surface area contributed by atoms with Crippen molar-refractivity contribution in [2.75, 3.05) is 6.61 Å². The number of halogens is 1. The topological polar surface area (TPSA) is 56.2 Å². The van der Waals surface area contributed by atoms with Gasteiger partial charge in [0.25, 0.3) is 0 Å². The van der Waals surface area contributed by atoms with E-state index >= 15 is 0 Å². The smallest absolute Gasteiger partial charge is 0.328 e. The third-order valence-corrected chi connectivity index (χ3v) is 4.16. The Labute approximate surface area is 123 Å². The molecular formula is C14H20ClN3O2. The number of ether oxygens (including phenoxy) is 1. The number of carbonyl (C=O) groups excluding carboxylic acids is 1. The molecule has 0 spiro atoms. The van der Waals surface area contributed by atoms with Crippen LogP contribution in [0.3, 0.4) is 0 Å². The summed E-state index contributed by atoms with van der Waals surface area (Å²) in [5.74, 6) is 0.186. The van der Waals surface area contributed by atoms with Crippen LogP contribution in [-0.2, 0) is 16.1 Å². The first kappa shape index (κ1) is 13.9. The minimum absolute atomic E-state index is 0.152. The van der Waals surface area contributed by atoms with E-state index in [0.717, 1.165) is 25.7 Å². The second-order valence-electron chi connectivity index (χ2n) is 5.74. The van der Waals surface area contributed by atoms with Crippen molar-refractivity contribution in [1.82, 2.24) is 15.1 Å². The van der Waals surface area contributed by atoms with Crippen molar-refractivity contribution in [2.24, 2.45) is 5.92 Å². The molecule has 2 fully saturated rings. The van der Waals surface area contributed by atoms with Gasteiger partial charge in [-0.15, -0.1) is 0 Å². The first-order valence-corrected chi connectivity index (χ1v) is 7.64. The molecule has 0 bridgehead atoms. The van der Waals surface area contributed by atoms with Crippen LogP contribution in [0.2, 0.25) is 5.02 Å². The number of esters is 1. The van der Waals surface area contributed by atoms with Crippen molar-refractivity contribution >= 4 is 17.6 Å². The highest BCUT2D eigenvalue weighted by Crippen LogP contribution is 2.43. The summed E-state index contributed by atoms with van der Waals surface area (Å²) in [5, 5.41) is 8.34. The van der Waals surface area contributed by atoms with Crippen LogP contribution >= 0.6 is 11.6 Å². The largest absolute Gasteiger partial charge is 0.465 e. The van der Waals surface area contributed by atoms with Crippen molar-refractivity contribution in [3.05, 3.63) is 17.4 Å². The number of nitrogens with zero attached hydrogens (tertiary/aromatic N) is 2. The molecule has 2 aliphatic rings. The van der Waals surface area contributed by atoms with Crippen LogP contribution in [0.4, 0.5) is 0 Å². The van der Waals surface area contributed by atoms with E-state index in [0.29, 0.717) is 30.1 Å². The van der Waals surface area contributed by atoms with Crippen LogP contribution in [0.15, 0.2) is 12.4 Å². The van der Waals surface area contributed by atoms with E-state index in [1.165, 1.54) is 0 Å². The molecular weight excluding hydrogens is 278 g/mol. The number of nitrogens with one attached hydrogen (secondary N) is 1. The zero-order chi connectivity index (χ0) is 14.2. The zero-order valence-electron chi connectivity index (χ0n) is 11.6. The first-order valence-electron chi connectivity index (χ1n) is 7.27. The third kappa shape index (κ3) is 2.83. The molecule has 1 aromatic heterocycles. The van der Waals surface area contributed by atoms with E-state index in [1.54, 1.807) is 17.1 Å². The van der Waals surface area contributed by atoms with Gasteiger partial charge in [-0.2, -0.15) is 5.10 Å². The number of aromatic nitrogens is 2. The molecule has 0 saturated heterocycles. The molecule has 2 aliphatic carbocycles. The molecule has 6 heteroatoms. The van der Waals surface area contributed by atoms with Gasteiger partial charge in [0.2, 0.25) is 0 Å². The summed E-state index contributed by atoms with van der Waals surface area (Å²) in [6, 6.07) is 0.436. The van der Waals surface area contributed by atoms with Crippen molar-refractivity contribution in [2.45, 2.75) is 50.7 Å². The molecule has 3 rings (SSSR count). The predicted octanol–water partition coefficient (Wildman–Crippen LogP) is 2.00. The highest BCUT2D eigenvalue weighted by atomic mass is 35.5. The number of hydrogen-bond acceptors (Lipinski definition) is 4. The van der Waals surface area contributed by atoms with Crippen LogP contribution in [0.5, 0.6) is 0 Å². The highest BCUT2D eigenvalue weighted by molar-refractivity contribution is 6.30. The first-order chi connectivity index (χ1) is 9.64. The molecule has 20 heavy (non-hydrogen) atoms. The maximum absolute atomic E-state index is 12.6. The van der Waals surface area contributed by atoms with Crippen LogP contribution < -0.4 is 5.32 Å². The Morgan fingerprint density at radius 1 is 1.55 bits per heavy atom. The van der Waals surface area contributed by atoms with Crippen LogP contribution in [0, 0.1) is 5.92 Å². The van der Waals surface area contributed by atoms with Gasteiger partial charge in [0.05, 0.1) is 24.4 Å². The van der Waals surface area contributed by atoms with E-state index in [-0.39, 0.29) is 5.97 Å². The Morgan fingerprint density at radius 3 is 2.80 bits per heavy atom. The lowest BCUT2D eigenvalue weighted by Crippen LogP contribution is -2.58. The summed E-state index contributed by atoms with van der Waals surface area (Å²) >= 11 is 5.92. The maximum Gasteiger partial charge on any atom is 0.328 e. The Balaban J connectivity index is 1.85. The lowest BCUT2D eigenvalue weighted by Gasteiger charge is -2.33. The standard InChI is InChI=1S/C14H20ClN3O2/c1-2-20-13(19)14(10-3-4-10,17-12-5-6-12)9-18-8-11(15)7-16-18/h7-8,10,12,17H,2-6,9H2,1H3. The lowest BCUT2D eigenvalue weighted by molar-refractivity contribution is -0.153. The molecule has 1 atom stereocenters. The minimum Gasteiger partial charge on any atom is -0.465 e. The summed E-state index contributed by atoms with van der Waals surface area (Å²) in [6.45, 7) is 2.73. The Bertz CT molecular complexity index is 496. The Kier molecular flexibility index (Phi) is 3.73. The predicted molar refractivity (Wildman–Crippen MR) is 75.5 cm³/mol. The van der Waals surface area contributed by atoms with Crippen molar-refractivity contribution in [1.29, 1.82) is 0 Å². The second-order valence-corrected chi connectivity index (χ2v) is 6.18.